The van der Waals surface area contributed by atoms with E-state index in [1.807, 2.05) is 0 Å². The lowest BCUT2D eigenvalue weighted by Gasteiger charge is -2.44. The summed E-state index contributed by atoms with van der Waals surface area (Å²) >= 11 is 0. The largest absolute Gasteiger partial charge is 0.313 e. The highest BCUT2D eigenvalue weighted by Gasteiger charge is 2.86. The summed E-state index contributed by atoms with van der Waals surface area (Å²) < 4.78 is 0. The van der Waals surface area contributed by atoms with Crippen LogP contribution in [0.4, 0.5) is 0 Å². The van der Waals surface area contributed by atoms with E-state index in [-0.39, 0.29) is 0 Å². The normalized spacial score (nSPS) is 59.5. The molecule has 6 fully saturated rings. The van der Waals surface area contributed by atoms with Crippen LogP contribution in [0.3, 0.4) is 0 Å². The van der Waals surface area contributed by atoms with Crippen LogP contribution < -0.4 is 5.32 Å². The van der Waals surface area contributed by atoms with Crippen LogP contribution in [0.2, 0.25) is 0 Å². The fourth-order valence-corrected chi connectivity index (χ4v) is 8.50. The second-order valence-corrected chi connectivity index (χ2v) is 8.08. The molecule has 1 N–H and O–H groups in total. The maximum Gasteiger partial charge on any atom is 0.0203 e. The summed E-state index contributed by atoms with van der Waals surface area (Å²) in [5, 5.41) is 3.96. The zero-order chi connectivity index (χ0) is 13.1. The summed E-state index contributed by atoms with van der Waals surface area (Å²) in [4.78, 5) is 0. The van der Waals surface area contributed by atoms with Crippen LogP contribution in [-0.2, 0) is 5.41 Å². The van der Waals surface area contributed by atoms with Gasteiger partial charge in [0, 0.05) is 11.5 Å². The van der Waals surface area contributed by atoms with Gasteiger partial charge in [0.15, 0.2) is 0 Å². The molecule has 6 aliphatic carbocycles. The third-order valence-corrected chi connectivity index (χ3v) is 8.20. The summed E-state index contributed by atoms with van der Waals surface area (Å²) in [6, 6.07) is 12.4. The number of rotatable bonds is 3. The van der Waals surface area contributed by atoms with Crippen LogP contribution in [0.25, 0.3) is 0 Å². The Labute approximate surface area is 121 Å². The van der Waals surface area contributed by atoms with Crippen molar-refractivity contribution in [3.05, 3.63) is 35.9 Å². The SMILES string of the molecule is CCN[C@H]1[C@H]2C3C4C[C@H]2[C@H]2C4CC3C21c1ccccc1. The molecule has 0 aromatic heterocycles. The Morgan fingerprint density at radius 1 is 1.05 bits per heavy atom. The van der Waals surface area contributed by atoms with Gasteiger partial charge in [-0.05, 0) is 66.4 Å². The Kier molecular flexibility index (Phi) is 1.72. The Morgan fingerprint density at radius 3 is 2.70 bits per heavy atom. The maximum absolute atomic E-state index is 3.96. The van der Waals surface area contributed by atoms with Gasteiger partial charge in [0.2, 0.25) is 0 Å². The summed E-state index contributed by atoms with van der Waals surface area (Å²) in [7, 11) is 0. The third kappa shape index (κ3) is 0.817. The second kappa shape index (κ2) is 3.16. The van der Waals surface area contributed by atoms with Gasteiger partial charge in [-0.1, -0.05) is 37.3 Å². The predicted molar refractivity (Wildman–Crippen MR) is 79.2 cm³/mol. The van der Waals surface area contributed by atoms with Crippen molar-refractivity contribution in [2.24, 2.45) is 41.4 Å². The van der Waals surface area contributed by atoms with Crippen LogP contribution >= 0.6 is 0 Å². The van der Waals surface area contributed by atoms with Crippen LogP contribution in [0.1, 0.15) is 25.3 Å². The smallest absolute Gasteiger partial charge is 0.0203 e. The molecule has 6 aliphatic rings. The Balaban J connectivity index is 1.61. The molecule has 1 aromatic carbocycles. The van der Waals surface area contributed by atoms with E-state index in [1.165, 1.54) is 0 Å². The molecule has 104 valence electrons. The Morgan fingerprint density at radius 2 is 1.90 bits per heavy atom. The molecule has 6 saturated carbocycles. The van der Waals surface area contributed by atoms with Crippen LogP contribution in [0.15, 0.2) is 30.3 Å². The topological polar surface area (TPSA) is 12.0 Å². The minimum atomic E-state index is 0.523. The molecule has 0 radical (unpaired) electrons. The number of likely N-dealkylation sites (N-methyl/N-ethyl adjacent to an activating group) is 1. The van der Waals surface area contributed by atoms with E-state index in [0.29, 0.717) is 5.41 Å². The average molecular weight is 265 g/mol. The number of hydrogen-bond acceptors (Lipinski definition) is 1. The summed E-state index contributed by atoms with van der Waals surface area (Å²) in [6.45, 7) is 3.44. The molecule has 0 spiro atoms. The molecule has 9 atom stereocenters. The highest BCUT2D eigenvalue weighted by Crippen LogP contribution is 2.86. The van der Waals surface area contributed by atoms with Crippen LogP contribution in [-0.4, -0.2) is 12.6 Å². The van der Waals surface area contributed by atoms with Gasteiger partial charge < -0.3 is 5.32 Å². The molecule has 1 heteroatoms. The highest BCUT2D eigenvalue weighted by molar-refractivity contribution is 5.46. The van der Waals surface area contributed by atoms with Crippen LogP contribution in [0.5, 0.6) is 0 Å². The van der Waals surface area contributed by atoms with Gasteiger partial charge in [-0.25, -0.2) is 0 Å². The molecule has 7 rings (SSSR count). The minimum Gasteiger partial charge on any atom is -0.313 e. The Hall–Kier alpha value is -0.820. The molecule has 20 heavy (non-hydrogen) atoms. The number of benzene rings is 1. The lowest BCUT2D eigenvalue weighted by atomic mass is 9.60. The molecule has 0 saturated heterocycles. The van der Waals surface area contributed by atoms with Crippen molar-refractivity contribution >= 4 is 0 Å². The molecule has 5 unspecified atom stereocenters. The van der Waals surface area contributed by atoms with E-state index in [1.54, 1.807) is 18.4 Å². The van der Waals surface area contributed by atoms with Gasteiger partial charge in [0.05, 0.1) is 0 Å². The van der Waals surface area contributed by atoms with Crippen molar-refractivity contribution < 1.29 is 0 Å². The highest BCUT2D eigenvalue weighted by atomic mass is 15.0. The van der Waals surface area contributed by atoms with E-state index in [0.717, 1.165) is 54.0 Å². The standard InChI is InChI=1S/C19H23N/c1-2-20-18-16-13-8-11-12-9-14(15(11)16)19(18,17(12)13)10-6-4-3-5-7-10/h3-7,11-18,20H,2,8-9H2,1H3/t11?,12?,13-,14?,15?,16-,17-,18+,19?/m1/s1. The molecule has 6 bridgehead atoms. The fraction of sp³-hybridized carbons (Fsp3) is 0.684. The maximum atomic E-state index is 3.96. The van der Waals surface area contributed by atoms with Crippen molar-refractivity contribution in [1.82, 2.24) is 5.32 Å². The van der Waals surface area contributed by atoms with E-state index in [2.05, 4.69) is 42.6 Å². The zero-order valence-electron chi connectivity index (χ0n) is 12.1. The zero-order valence-corrected chi connectivity index (χ0v) is 12.1. The lowest BCUT2D eigenvalue weighted by Crippen LogP contribution is -2.48. The predicted octanol–water partition coefficient (Wildman–Crippen LogP) is 3.06. The van der Waals surface area contributed by atoms with Crippen molar-refractivity contribution in [3.8, 4) is 0 Å². The first-order valence-corrected chi connectivity index (χ1v) is 8.68. The molecule has 1 aromatic rings. The first-order chi connectivity index (χ1) is 9.89. The Bertz CT molecular complexity index is 581. The van der Waals surface area contributed by atoms with E-state index >= 15 is 0 Å². The van der Waals surface area contributed by atoms with Crippen molar-refractivity contribution in [3.63, 3.8) is 0 Å². The van der Waals surface area contributed by atoms with Gasteiger partial charge in [0.1, 0.15) is 0 Å². The quantitative estimate of drug-likeness (QED) is 0.885. The minimum absolute atomic E-state index is 0.523. The number of nitrogens with one attached hydrogen (secondary N) is 1. The van der Waals surface area contributed by atoms with E-state index in [9.17, 15) is 0 Å². The van der Waals surface area contributed by atoms with Crippen molar-refractivity contribution in [2.45, 2.75) is 31.2 Å². The molecule has 0 amide bonds. The summed E-state index contributed by atoms with van der Waals surface area (Å²) in [5.41, 5.74) is 2.20. The first-order valence-electron chi connectivity index (χ1n) is 8.68. The van der Waals surface area contributed by atoms with Gasteiger partial charge in [0.25, 0.3) is 0 Å². The molecule has 1 nitrogen and oxygen atoms in total. The molecule has 0 heterocycles. The van der Waals surface area contributed by atoms with Crippen molar-refractivity contribution in [1.29, 1.82) is 0 Å². The molecule has 0 aliphatic heterocycles. The number of hydrogen-bond donors (Lipinski definition) is 1. The van der Waals surface area contributed by atoms with Crippen molar-refractivity contribution in [2.75, 3.05) is 6.54 Å². The first kappa shape index (κ1) is 10.8. The van der Waals surface area contributed by atoms with Gasteiger partial charge >= 0.3 is 0 Å². The lowest BCUT2D eigenvalue weighted by molar-refractivity contribution is 0.106. The molecular weight excluding hydrogens is 242 g/mol. The summed E-state index contributed by atoms with van der Waals surface area (Å²) in [6.07, 6.45) is 3.14. The van der Waals surface area contributed by atoms with Gasteiger partial charge in [-0.2, -0.15) is 0 Å². The van der Waals surface area contributed by atoms with Crippen LogP contribution in [0, 0.1) is 41.4 Å². The van der Waals surface area contributed by atoms with E-state index < -0.39 is 0 Å². The fourth-order valence-electron chi connectivity index (χ4n) is 8.50. The van der Waals surface area contributed by atoms with Gasteiger partial charge in [-0.3, -0.25) is 0 Å². The van der Waals surface area contributed by atoms with Gasteiger partial charge in [-0.15, -0.1) is 0 Å². The monoisotopic (exact) mass is 265 g/mol. The average Bonchev–Trinajstić information content (AvgIpc) is 3.18. The third-order valence-electron chi connectivity index (χ3n) is 8.20. The summed E-state index contributed by atoms with van der Waals surface area (Å²) in [5.74, 6) is 7.43. The molecular formula is C19H23N. The van der Waals surface area contributed by atoms with E-state index in [4.69, 9.17) is 0 Å². The second-order valence-electron chi connectivity index (χ2n) is 8.08.